The molecule has 0 bridgehead atoms. The summed E-state index contributed by atoms with van der Waals surface area (Å²) >= 11 is 5.03. The van der Waals surface area contributed by atoms with Gasteiger partial charge in [0.15, 0.2) is 5.82 Å². The summed E-state index contributed by atoms with van der Waals surface area (Å²) in [4.78, 5) is 10.0. The molecular weight excluding hydrogens is 322 g/mol. The molecule has 94 valence electrons. The molecule has 1 aromatic heterocycles. The summed E-state index contributed by atoms with van der Waals surface area (Å²) in [5, 5.41) is 0.727. The molecule has 0 aliphatic rings. The van der Waals surface area contributed by atoms with Crippen molar-refractivity contribution in [3.8, 4) is 0 Å². The maximum Gasteiger partial charge on any atom is 0.157 e. The second kappa shape index (κ2) is 5.19. The predicted octanol–water partition coefficient (Wildman–Crippen LogP) is 4.13. The topological polar surface area (TPSA) is 51.8 Å². The van der Waals surface area contributed by atoms with E-state index >= 15 is 0 Å². The Balaban J connectivity index is 2.06. The monoisotopic (exact) mass is 331 g/mol. The van der Waals surface area contributed by atoms with Crippen molar-refractivity contribution >= 4 is 44.5 Å². The lowest BCUT2D eigenvalue weighted by molar-refractivity contribution is 1.13. The Morgan fingerprint density at radius 1 is 0.895 bits per heavy atom. The van der Waals surface area contributed by atoms with Gasteiger partial charge in [-0.3, -0.25) is 0 Å². The highest BCUT2D eigenvalue weighted by atomic mass is 79.9. The average molecular weight is 332 g/mol. The minimum atomic E-state index is 0.458. The van der Waals surface area contributed by atoms with E-state index in [2.05, 4.69) is 25.9 Å². The summed E-state index contributed by atoms with van der Waals surface area (Å²) in [7, 11) is 0. The van der Waals surface area contributed by atoms with E-state index < -0.39 is 0 Å². The third-order valence-electron chi connectivity index (χ3n) is 2.61. The van der Waals surface area contributed by atoms with Crippen LogP contribution in [0.5, 0.6) is 0 Å². The van der Waals surface area contributed by atoms with E-state index in [9.17, 15) is 0 Å². The number of halogens is 1. The highest BCUT2D eigenvalue weighted by molar-refractivity contribution is 9.10. The summed E-state index contributed by atoms with van der Waals surface area (Å²) in [5.41, 5.74) is 7.64. The van der Waals surface area contributed by atoms with Crippen LogP contribution in [-0.4, -0.2) is 9.97 Å². The van der Waals surface area contributed by atoms with Crippen molar-refractivity contribution in [2.75, 3.05) is 5.73 Å². The summed E-state index contributed by atoms with van der Waals surface area (Å²) in [5.74, 6) is 0.458. The standard InChI is InChI=1S/C14H10BrN3S/c15-9-5-1-4-8-12(9)19-14-13(16)17-10-6-2-3-7-11(10)18-14/h1-8H,(H2,16,17). The van der Waals surface area contributed by atoms with Gasteiger partial charge in [0.05, 0.1) is 11.0 Å². The molecule has 0 fully saturated rings. The van der Waals surface area contributed by atoms with Crippen molar-refractivity contribution in [3.05, 3.63) is 53.0 Å². The molecule has 19 heavy (non-hydrogen) atoms. The summed E-state index contributed by atoms with van der Waals surface area (Å²) in [6.45, 7) is 0. The molecule has 0 radical (unpaired) electrons. The molecule has 0 spiro atoms. The maximum atomic E-state index is 5.97. The Labute approximate surface area is 123 Å². The summed E-state index contributed by atoms with van der Waals surface area (Å²) in [6, 6.07) is 15.7. The lowest BCUT2D eigenvalue weighted by Crippen LogP contribution is -1.97. The molecule has 0 saturated heterocycles. The van der Waals surface area contributed by atoms with E-state index in [1.807, 2.05) is 48.5 Å². The van der Waals surface area contributed by atoms with Gasteiger partial charge in [0.2, 0.25) is 0 Å². The number of anilines is 1. The quantitative estimate of drug-likeness (QED) is 0.767. The molecule has 0 amide bonds. The van der Waals surface area contributed by atoms with Crippen molar-refractivity contribution in [1.29, 1.82) is 0 Å². The Morgan fingerprint density at radius 3 is 2.26 bits per heavy atom. The molecule has 0 atom stereocenters. The molecule has 1 heterocycles. The highest BCUT2D eigenvalue weighted by Crippen LogP contribution is 2.35. The van der Waals surface area contributed by atoms with E-state index in [4.69, 9.17) is 5.73 Å². The molecule has 0 unspecified atom stereocenters. The van der Waals surface area contributed by atoms with E-state index in [-0.39, 0.29) is 0 Å². The van der Waals surface area contributed by atoms with Gasteiger partial charge in [-0.25, -0.2) is 9.97 Å². The second-order valence-corrected chi connectivity index (χ2v) is 5.82. The first-order valence-electron chi connectivity index (χ1n) is 5.69. The number of fused-ring (bicyclic) bond motifs is 1. The van der Waals surface area contributed by atoms with Crippen molar-refractivity contribution in [3.63, 3.8) is 0 Å². The highest BCUT2D eigenvalue weighted by Gasteiger charge is 2.09. The van der Waals surface area contributed by atoms with Gasteiger partial charge in [0, 0.05) is 9.37 Å². The van der Waals surface area contributed by atoms with Gasteiger partial charge in [-0.05, 0) is 40.2 Å². The maximum absolute atomic E-state index is 5.97. The number of nitrogen functional groups attached to an aromatic ring is 1. The van der Waals surface area contributed by atoms with E-state index in [0.717, 1.165) is 25.4 Å². The number of benzene rings is 2. The molecule has 3 rings (SSSR count). The largest absolute Gasteiger partial charge is 0.381 e. The Kier molecular flexibility index (Phi) is 3.40. The van der Waals surface area contributed by atoms with Gasteiger partial charge < -0.3 is 5.73 Å². The van der Waals surface area contributed by atoms with Gasteiger partial charge in [0.25, 0.3) is 0 Å². The van der Waals surface area contributed by atoms with Crippen LogP contribution in [0.25, 0.3) is 11.0 Å². The van der Waals surface area contributed by atoms with Gasteiger partial charge in [-0.1, -0.05) is 36.0 Å². The van der Waals surface area contributed by atoms with E-state index in [1.54, 1.807) is 0 Å². The number of hydrogen-bond acceptors (Lipinski definition) is 4. The van der Waals surface area contributed by atoms with Crippen molar-refractivity contribution in [2.24, 2.45) is 0 Å². The third-order valence-corrected chi connectivity index (χ3v) is 4.63. The van der Waals surface area contributed by atoms with Crippen LogP contribution in [0.2, 0.25) is 0 Å². The summed E-state index contributed by atoms with van der Waals surface area (Å²) < 4.78 is 1.02. The zero-order chi connectivity index (χ0) is 13.2. The fourth-order valence-corrected chi connectivity index (χ4v) is 3.05. The van der Waals surface area contributed by atoms with Crippen molar-refractivity contribution in [2.45, 2.75) is 9.92 Å². The van der Waals surface area contributed by atoms with Crippen LogP contribution in [0.3, 0.4) is 0 Å². The lowest BCUT2D eigenvalue weighted by Gasteiger charge is -2.07. The first kappa shape index (κ1) is 12.4. The predicted molar refractivity (Wildman–Crippen MR) is 82.2 cm³/mol. The van der Waals surface area contributed by atoms with Gasteiger partial charge in [0.1, 0.15) is 5.03 Å². The Hall–Kier alpha value is -1.59. The Morgan fingerprint density at radius 2 is 1.53 bits per heavy atom. The first-order valence-corrected chi connectivity index (χ1v) is 7.29. The number of para-hydroxylation sites is 2. The molecular formula is C14H10BrN3S. The Bertz CT molecular complexity index is 746. The normalized spacial score (nSPS) is 10.8. The van der Waals surface area contributed by atoms with Crippen LogP contribution in [0.4, 0.5) is 5.82 Å². The molecule has 0 aliphatic carbocycles. The second-order valence-electron chi connectivity index (χ2n) is 3.94. The lowest BCUT2D eigenvalue weighted by atomic mass is 10.3. The average Bonchev–Trinajstić information content (AvgIpc) is 2.42. The fraction of sp³-hybridized carbons (Fsp3) is 0. The van der Waals surface area contributed by atoms with Gasteiger partial charge in [-0.15, -0.1) is 0 Å². The smallest absolute Gasteiger partial charge is 0.157 e. The minimum absolute atomic E-state index is 0.458. The third kappa shape index (κ3) is 2.57. The van der Waals surface area contributed by atoms with Gasteiger partial charge in [-0.2, -0.15) is 0 Å². The van der Waals surface area contributed by atoms with Gasteiger partial charge >= 0.3 is 0 Å². The SMILES string of the molecule is Nc1nc2ccccc2nc1Sc1ccccc1Br. The number of rotatable bonds is 2. The molecule has 3 nitrogen and oxygen atoms in total. The molecule has 3 aromatic rings. The van der Waals surface area contributed by atoms with Crippen LogP contribution in [-0.2, 0) is 0 Å². The van der Waals surface area contributed by atoms with E-state index in [0.29, 0.717) is 5.82 Å². The number of nitrogens with zero attached hydrogens (tertiary/aromatic N) is 2. The molecule has 0 aliphatic heterocycles. The molecule has 2 aromatic carbocycles. The molecule has 5 heteroatoms. The van der Waals surface area contributed by atoms with Crippen LogP contribution >= 0.6 is 27.7 Å². The van der Waals surface area contributed by atoms with Crippen LogP contribution in [0, 0.1) is 0 Å². The van der Waals surface area contributed by atoms with Crippen molar-refractivity contribution in [1.82, 2.24) is 9.97 Å². The molecule has 0 saturated carbocycles. The molecule has 2 N–H and O–H groups in total. The van der Waals surface area contributed by atoms with E-state index in [1.165, 1.54) is 11.8 Å². The fourth-order valence-electron chi connectivity index (χ4n) is 1.70. The number of nitrogens with two attached hydrogens (primary N) is 1. The zero-order valence-electron chi connectivity index (χ0n) is 9.88. The zero-order valence-corrected chi connectivity index (χ0v) is 12.3. The first-order chi connectivity index (χ1) is 9.24. The van der Waals surface area contributed by atoms with Crippen LogP contribution in [0.15, 0.2) is 62.9 Å². The number of hydrogen-bond donors (Lipinski definition) is 1. The van der Waals surface area contributed by atoms with Crippen molar-refractivity contribution < 1.29 is 0 Å². The van der Waals surface area contributed by atoms with Crippen LogP contribution < -0.4 is 5.73 Å². The number of aromatic nitrogens is 2. The minimum Gasteiger partial charge on any atom is -0.381 e. The van der Waals surface area contributed by atoms with Crippen LogP contribution in [0.1, 0.15) is 0 Å². The summed E-state index contributed by atoms with van der Waals surface area (Å²) in [6.07, 6.45) is 0.